The standard InChI is InChI=1S/C18H14N2O8/c21-3-1-9-5-11-15(13(7-9)19(25)26)18(24)12-6-10(2-4-22)8-14(20(27)28)16(12)17(11)23/h5-8,21-22H,1-4H2. The molecule has 0 saturated heterocycles. The van der Waals surface area contributed by atoms with E-state index in [1.807, 2.05) is 0 Å². The molecule has 0 heterocycles. The number of aliphatic hydroxyl groups excluding tert-OH is 2. The van der Waals surface area contributed by atoms with Gasteiger partial charge in [0.25, 0.3) is 11.4 Å². The third kappa shape index (κ3) is 3.04. The predicted molar refractivity (Wildman–Crippen MR) is 94.6 cm³/mol. The normalized spacial score (nSPS) is 12.5. The highest BCUT2D eigenvalue weighted by molar-refractivity contribution is 6.31. The largest absolute Gasteiger partial charge is 0.396 e. The van der Waals surface area contributed by atoms with Crippen molar-refractivity contribution < 1.29 is 29.6 Å². The zero-order valence-electron chi connectivity index (χ0n) is 14.4. The van der Waals surface area contributed by atoms with Gasteiger partial charge in [0, 0.05) is 36.5 Å². The minimum Gasteiger partial charge on any atom is -0.396 e. The highest BCUT2D eigenvalue weighted by Gasteiger charge is 2.40. The Balaban J connectivity index is 2.35. The van der Waals surface area contributed by atoms with Crippen molar-refractivity contribution >= 4 is 22.9 Å². The lowest BCUT2D eigenvalue weighted by atomic mass is 9.80. The Labute approximate surface area is 157 Å². The van der Waals surface area contributed by atoms with Gasteiger partial charge in [0.05, 0.1) is 9.85 Å². The SMILES string of the molecule is O=C1c2cc(CCO)cc([N+](=O)[O-])c2C(=O)c2cc(CCO)cc([N+](=O)[O-])c21. The number of nitro groups is 2. The van der Waals surface area contributed by atoms with Gasteiger partial charge in [-0.1, -0.05) is 0 Å². The number of hydrogen-bond acceptors (Lipinski definition) is 8. The van der Waals surface area contributed by atoms with E-state index in [1.165, 1.54) is 12.1 Å². The number of ketones is 2. The topological polar surface area (TPSA) is 161 Å². The lowest BCUT2D eigenvalue weighted by Gasteiger charge is -2.19. The van der Waals surface area contributed by atoms with Crippen molar-refractivity contribution in [2.45, 2.75) is 12.8 Å². The fourth-order valence-corrected chi connectivity index (χ4v) is 3.31. The molecule has 144 valence electrons. The molecular formula is C18H14N2O8. The van der Waals surface area contributed by atoms with Crippen LogP contribution in [0.4, 0.5) is 11.4 Å². The second-order valence-electron chi connectivity index (χ2n) is 6.19. The summed E-state index contributed by atoms with van der Waals surface area (Å²) in [4.78, 5) is 47.3. The zero-order valence-corrected chi connectivity index (χ0v) is 14.4. The first-order chi connectivity index (χ1) is 13.3. The summed E-state index contributed by atoms with van der Waals surface area (Å²) in [7, 11) is 0. The third-order valence-electron chi connectivity index (χ3n) is 4.49. The molecule has 1 aliphatic rings. The molecule has 2 aromatic rings. The van der Waals surface area contributed by atoms with Gasteiger partial charge in [0.1, 0.15) is 11.1 Å². The fourth-order valence-electron chi connectivity index (χ4n) is 3.31. The summed E-state index contributed by atoms with van der Waals surface area (Å²) < 4.78 is 0. The average Bonchev–Trinajstić information content (AvgIpc) is 2.65. The molecule has 0 unspecified atom stereocenters. The summed E-state index contributed by atoms with van der Waals surface area (Å²) >= 11 is 0. The molecule has 0 aromatic heterocycles. The molecule has 0 fully saturated rings. The summed E-state index contributed by atoms with van der Waals surface area (Å²) in [6.45, 7) is -0.668. The maximum Gasteiger partial charge on any atom is 0.281 e. The van der Waals surface area contributed by atoms with Crippen molar-refractivity contribution in [1.82, 2.24) is 0 Å². The maximum atomic E-state index is 13.0. The Bertz CT molecular complexity index is 961. The molecule has 2 N–H and O–H groups in total. The minimum atomic E-state index is -0.866. The molecular weight excluding hydrogens is 372 g/mol. The molecule has 10 heteroatoms. The number of carbonyl (C=O) groups excluding carboxylic acids is 2. The van der Waals surface area contributed by atoms with E-state index < -0.39 is 43.9 Å². The van der Waals surface area contributed by atoms with Crippen LogP contribution in [0.15, 0.2) is 24.3 Å². The number of aliphatic hydroxyl groups is 2. The van der Waals surface area contributed by atoms with Gasteiger partial charge in [-0.3, -0.25) is 29.8 Å². The Hall–Kier alpha value is -3.50. The second kappa shape index (κ2) is 7.25. The molecule has 3 rings (SSSR count). The third-order valence-corrected chi connectivity index (χ3v) is 4.49. The molecule has 0 aliphatic heterocycles. The summed E-state index contributed by atoms with van der Waals surface area (Å²) in [6.07, 6.45) is 0.0277. The lowest BCUT2D eigenvalue weighted by molar-refractivity contribution is -0.385. The first kappa shape index (κ1) is 19.3. The van der Waals surface area contributed by atoms with Crippen LogP contribution in [0.2, 0.25) is 0 Å². The van der Waals surface area contributed by atoms with Crippen LogP contribution < -0.4 is 0 Å². The van der Waals surface area contributed by atoms with E-state index in [-0.39, 0.29) is 48.3 Å². The van der Waals surface area contributed by atoms with E-state index in [0.717, 1.165) is 12.1 Å². The van der Waals surface area contributed by atoms with E-state index in [1.54, 1.807) is 0 Å². The zero-order chi connectivity index (χ0) is 20.6. The van der Waals surface area contributed by atoms with Crippen LogP contribution in [0.5, 0.6) is 0 Å². The highest BCUT2D eigenvalue weighted by atomic mass is 16.6. The molecule has 0 atom stereocenters. The van der Waals surface area contributed by atoms with E-state index >= 15 is 0 Å². The molecule has 0 bridgehead atoms. The number of nitro benzene ring substituents is 2. The second-order valence-corrected chi connectivity index (χ2v) is 6.19. The van der Waals surface area contributed by atoms with Gasteiger partial charge < -0.3 is 10.2 Å². The maximum absolute atomic E-state index is 13.0. The quantitative estimate of drug-likeness (QED) is 0.474. The van der Waals surface area contributed by atoms with E-state index in [4.69, 9.17) is 10.2 Å². The van der Waals surface area contributed by atoms with Gasteiger partial charge in [-0.25, -0.2) is 0 Å². The lowest BCUT2D eigenvalue weighted by Crippen LogP contribution is -2.24. The molecule has 0 amide bonds. The Morgan fingerprint density at radius 2 is 1.07 bits per heavy atom. The van der Waals surface area contributed by atoms with Gasteiger partial charge in [0.15, 0.2) is 0 Å². The van der Waals surface area contributed by atoms with Crippen molar-refractivity contribution in [1.29, 1.82) is 0 Å². The van der Waals surface area contributed by atoms with Crippen LogP contribution in [0.1, 0.15) is 43.0 Å². The molecule has 10 nitrogen and oxygen atoms in total. The number of carbonyl (C=O) groups is 2. The minimum absolute atomic E-state index is 0.0139. The number of rotatable bonds is 6. The summed E-state index contributed by atoms with van der Waals surface area (Å²) in [5, 5.41) is 41.1. The molecule has 0 saturated carbocycles. The first-order valence-electron chi connectivity index (χ1n) is 8.23. The van der Waals surface area contributed by atoms with Crippen molar-refractivity contribution in [3.8, 4) is 0 Å². The van der Waals surface area contributed by atoms with Crippen LogP contribution in [0.3, 0.4) is 0 Å². The number of hydrogen-bond donors (Lipinski definition) is 2. The fraction of sp³-hybridized carbons (Fsp3) is 0.222. The van der Waals surface area contributed by atoms with Crippen LogP contribution in [0, 0.1) is 20.2 Å². The average molecular weight is 386 g/mol. The molecule has 2 aromatic carbocycles. The molecule has 0 radical (unpaired) electrons. The van der Waals surface area contributed by atoms with Crippen LogP contribution >= 0.6 is 0 Å². The number of fused-ring (bicyclic) bond motifs is 2. The smallest absolute Gasteiger partial charge is 0.281 e. The van der Waals surface area contributed by atoms with Crippen molar-refractivity contribution in [3.63, 3.8) is 0 Å². The van der Waals surface area contributed by atoms with Crippen molar-refractivity contribution in [2.75, 3.05) is 13.2 Å². The molecule has 0 spiro atoms. The first-order valence-corrected chi connectivity index (χ1v) is 8.23. The number of benzene rings is 2. The van der Waals surface area contributed by atoms with Crippen LogP contribution in [-0.2, 0) is 12.8 Å². The summed E-state index contributed by atoms with van der Waals surface area (Å²) in [6, 6.07) is 4.70. The summed E-state index contributed by atoms with van der Waals surface area (Å²) in [5.74, 6) is -1.73. The van der Waals surface area contributed by atoms with E-state index in [0.29, 0.717) is 0 Å². The van der Waals surface area contributed by atoms with Gasteiger partial charge in [-0.15, -0.1) is 0 Å². The van der Waals surface area contributed by atoms with Gasteiger partial charge in [-0.2, -0.15) is 0 Å². The van der Waals surface area contributed by atoms with Gasteiger partial charge in [-0.05, 0) is 36.1 Å². The Morgan fingerprint density at radius 3 is 1.36 bits per heavy atom. The summed E-state index contributed by atoms with van der Waals surface area (Å²) in [5.41, 5.74) is -2.13. The monoisotopic (exact) mass is 386 g/mol. The van der Waals surface area contributed by atoms with E-state index in [9.17, 15) is 29.8 Å². The Kier molecular flexibility index (Phi) is 4.99. The van der Waals surface area contributed by atoms with Crippen molar-refractivity contribution in [3.05, 3.63) is 77.9 Å². The van der Waals surface area contributed by atoms with E-state index in [2.05, 4.69) is 0 Å². The number of nitrogens with zero attached hydrogens (tertiary/aromatic N) is 2. The molecule has 28 heavy (non-hydrogen) atoms. The van der Waals surface area contributed by atoms with Crippen LogP contribution in [0.25, 0.3) is 0 Å². The van der Waals surface area contributed by atoms with Crippen LogP contribution in [-0.4, -0.2) is 44.8 Å². The van der Waals surface area contributed by atoms with Crippen molar-refractivity contribution in [2.24, 2.45) is 0 Å². The Morgan fingerprint density at radius 1 is 0.714 bits per heavy atom. The highest BCUT2D eigenvalue weighted by Crippen LogP contribution is 2.38. The molecule has 1 aliphatic carbocycles. The van der Waals surface area contributed by atoms with Gasteiger partial charge >= 0.3 is 0 Å². The van der Waals surface area contributed by atoms with Gasteiger partial charge in [0.2, 0.25) is 11.6 Å². The predicted octanol–water partition coefficient (Wildman–Crippen LogP) is 1.35.